The SMILES string of the molecule is O=C(CN1C(=O)C2(CCN(C(=O)c3ccc4[nH]ncc4c3)CC2)c2c(Br)cccc21)N1CCN2CCCC2C1. The monoisotopic (exact) mass is 590 g/mol. The van der Waals surface area contributed by atoms with Crippen LogP contribution in [0.1, 0.15) is 41.6 Å². The van der Waals surface area contributed by atoms with Crippen molar-refractivity contribution in [2.24, 2.45) is 0 Å². The molecular formula is C29H31BrN6O3. The maximum absolute atomic E-state index is 14.2. The zero-order valence-electron chi connectivity index (χ0n) is 21.7. The number of carbonyl (C=O) groups is 3. The molecule has 1 unspecified atom stereocenters. The number of fused-ring (bicyclic) bond motifs is 4. The standard InChI is InChI=1S/C29H31BrN6O3/c30-22-4-1-5-24-26(22)29(28(39)36(24)18-25(37)35-14-13-33-10-2-3-21(33)17-35)8-11-34(12-9-29)27(38)19-6-7-23-20(15-19)16-31-32-23/h1,4-7,15-16,21H,2-3,8-14,17-18H2,(H,31,32). The number of likely N-dealkylation sites (tertiary alicyclic amines) is 1. The first-order valence-corrected chi connectivity index (χ1v) is 14.6. The molecule has 1 N–H and O–H groups in total. The van der Waals surface area contributed by atoms with Crippen molar-refractivity contribution in [2.45, 2.75) is 37.1 Å². The normalized spacial score (nSPS) is 22.5. The minimum Gasteiger partial charge on any atom is -0.339 e. The minimum atomic E-state index is -0.745. The third kappa shape index (κ3) is 3.98. The van der Waals surface area contributed by atoms with E-state index >= 15 is 0 Å². The molecule has 0 aliphatic carbocycles. The number of piperidine rings is 1. The molecule has 5 heterocycles. The summed E-state index contributed by atoms with van der Waals surface area (Å²) < 4.78 is 0.882. The van der Waals surface area contributed by atoms with E-state index < -0.39 is 5.41 Å². The largest absolute Gasteiger partial charge is 0.339 e. The first kappa shape index (κ1) is 24.8. The molecular weight excluding hydrogens is 560 g/mol. The number of aromatic amines is 1. The van der Waals surface area contributed by atoms with Crippen molar-refractivity contribution in [3.05, 3.63) is 58.2 Å². The number of anilines is 1. The van der Waals surface area contributed by atoms with Crippen LogP contribution in [0, 0.1) is 0 Å². The summed E-state index contributed by atoms with van der Waals surface area (Å²) in [6, 6.07) is 11.8. The predicted octanol–water partition coefficient (Wildman–Crippen LogP) is 3.15. The highest BCUT2D eigenvalue weighted by Crippen LogP contribution is 2.51. The molecule has 1 spiro atoms. The van der Waals surface area contributed by atoms with Gasteiger partial charge in [-0.05, 0) is 62.6 Å². The Hall–Kier alpha value is -3.24. The summed E-state index contributed by atoms with van der Waals surface area (Å²) >= 11 is 3.72. The number of nitrogens with one attached hydrogen (secondary N) is 1. The molecule has 0 saturated carbocycles. The molecule has 4 aliphatic rings. The smallest absolute Gasteiger partial charge is 0.253 e. The Bertz CT molecular complexity index is 1480. The lowest BCUT2D eigenvalue weighted by Crippen LogP contribution is -2.55. The maximum Gasteiger partial charge on any atom is 0.253 e. The zero-order valence-corrected chi connectivity index (χ0v) is 23.3. The summed E-state index contributed by atoms with van der Waals surface area (Å²) in [5, 5.41) is 7.86. The van der Waals surface area contributed by atoms with Gasteiger partial charge >= 0.3 is 0 Å². The number of piperazine rings is 1. The number of nitrogens with zero attached hydrogens (tertiary/aromatic N) is 5. The van der Waals surface area contributed by atoms with Gasteiger partial charge in [0, 0.05) is 65.4 Å². The first-order chi connectivity index (χ1) is 18.9. The third-order valence-electron chi connectivity index (χ3n) is 9.24. The maximum atomic E-state index is 14.2. The van der Waals surface area contributed by atoms with Gasteiger partial charge in [-0.1, -0.05) is 22.0 Å². The van der Waals surface area contributed by atoms with Crippen LogP contribution in [0.5, 0.6) is 0 Å². The van der Waals surface area contributed by atoms with Crippen molar-refractivity contribution < 1.29 is 14.4 Å². The van der Waals surface area contributed by atoms with Crippen molar-refractivity contribution >= 4 is 50.2 Å². The molecule has 3 amide bonds. The molecule has 3 aromatic rings. The van der Waals surface area contributed by atoms with Crippen molar-refractivity contribution in [2.75, 3.05) is 50.7 Å². The van der Waals surface area contributed by atoms with Gasteiger partial charge in [0.2, 0.25) is 11.8 Å². The van der Waals surface area contributed by atoms with E-state index in [1.807, 2.05) is 46.2 Å². The van der Waals surface area contributed by atoms with E-state index in [0.29, 0.717) is 37.5 Å². The van der Waals surface area contributed by atoms with Crippen LogP contribution in [0.2, 0.25) is 0 Å². The summed E-state index contributed by atoms with van der Waals surface area (Å²) in [6.07, 6.45) is 5.08. The number of rotatable bonds is 3. The Kier molecular flexibility index (Phi) is 6.00. The molecule has 0 bridgehead atoms. The molecule has 3 saturated heterocycles. The molecule has 1 atom stereocenters. The number of hydrogen-bond acceptors (Lipinski definition) is 5. The van der Waals surface area contributed by atoms with Crippen LogP contribution in [-0.4, -0.2) is 94.5 Å². The summed E-state index contributed by atoms with van der Waals surface area (Å²) in [5.41, 5.74) is 2.53. The lowest BCUT2D eigenvalue weighted by Gasteiger charge is -2.39. The van der Waals surface area contributed by atoms with Gasteiger partial charge < -0.3 is 14.7 Å². The summed E-state index contributed by atoms with van der Waals surface area (Å²) in [7, 11) is 0. The number of halogens is 1. The second-order valence-electron chi connectivity index (χ2n) is 11.2. The lowest BCUT2D eigenvalue weighted by molar-refractivity contribution is -0.134. The van der Waals surface area contributed by atoms with E-state index in [9.17, 15) is 14.4 Å². The number of hydrogen-bond donors (Lipinski definition) is 1. The molecule has 1 aromatic heterocycles. The van der Waals surface area contributed by atoms with E-state index in [4.69, 9.17) is 0 Å². The molecule has 7 rings (SSSR count). The van der Waals surface area contributed by atoms with Crippen molar-refractivity contribution in [3.63, 3.8) is 0 Å². The second kappa shape index (κ2) is 9.45. The van der Waals surface area contributed by atoms with Gasteiger partial charge in [-0.3, -0.25) is 24.4 Å². The third-order valence-corrected chi connectivity index (χ3v) is 9.90. The van der Waals surface area contributed by atoms with Crippen LogP contribution in [0.4, 0.5) is 5.69 Å². The fourth-order valence-electron chi connectivity index (χ4n) is 7.11. The lowest BCUT2D eigenvalue weighted by atomic mass is 9.73. The second-order valence-corrected chi connectivity index (χ2v) is 12.1. The number of aromatic nitrogens is 2. The van der Waals surface area contributed by atoms with Gasteiger partial charge in [0.1, 0.15) is 6.54 Å². The van der Waals surface area contributed by atoms with E-state index in [-0.39, 0.29) is 24.3 Å². The van der Waals surface area contributed by atoms with E-state index in [0.717, 1.165) is 59.2 Å². The minimum absolute atomic E-state index is 0.0140. The van der Waals surface area contributed by atoms with Gasteiger partial charge in [-0.2, -0.15) is 5.10 Å². The number of amides is 3. The Balaban J connectivity index is 1.10. The van der Waals surface area contributed by atoms with E-state index in [1.165, 1.54) is 6.42 Å². The van der Waals surface area contributed by atoms with Crippen LogP contribution in [-0.2, 0) is 15.0 Å². The quantitative estimate of drug-likeness (QED) is 0.506. The van der Waals surface area contributed by atoms with Crippen LogP contribution in [0.15, 0.2) is 47.1 Å². The van der Waals surface area contributed by atoms with E-state index in [2.05, 4.69) is 31.0 Å². The molecule has 0 radical (unpaired) electrons. The molecule has 4 aliphatic heterocycles. The Morgan fingerprint density at radius 1 is 1.05 bits per heavy atom. The van der Waals surface area contributed by atoms with E-state index in [1.54, 1.807) is 11.1 Å². The number of benzene rings is 2. The van der Waals surface area contributed by atoms with Crippen molar-refractivity contribution in [1.82, 2.24) is 24.9 Å². The fourth-order valence-corrected chi connectivity index (χ4v) is 7.84. The van der Waals surface area contributed by atoms with Gasteiger partial charge in [0.05, 0.1) is 17.1 Å². The Labute approximate surface area is 235 Å². The van der Waals surface area contributed by atoms with Gasteiger partial charge in [-0.15, -0.1) is 0 Å². The van der Waals surface area contributed by atoms with Crippen LogP contribution in [0.3, 0.4) is 0 Å². The van der Waals surface area contributed by atoms with Crippen molar-refractivity contribution in [3.8, 4) is 0 Å². The molecule has 10 heteroatoms. The molecule has 2 aromatic carbocycles. The van der Waals surface area contributed by atoms with Crippen LogP contribution < -0.4 is 4.90 Å². The summed E-state index contributed by atoms with van der Waals surface area (Å²) in [4.78, 5) is 49.0. The average Bonchev–Trinajstić information content (AvgIpc) is 3.67. The van der Waals surface area contributed by atoms with Gasteiger partial charge in [0.25, 0.3) is 5.91 Å². The van der Waals surface area contributed by atoms with Crippen LogP contribution in [0.25, 0.3) is 10.9 Å². The summed E-state index contributed by atoms with van der Waals surface area (Å²) in [5.74, 6) is -0.0480. The first-order valence-electron chi connectivity index (χ1n) is 13.8. The number of H-pyrrole nitrogens is 1. The molecule has 39 heavy (non-hydrogen) atoms. The highest BCUT2D eigenvalue weighted by atomic mass is 79.9. The predicted molar refractivity (Wildman–Crippen MR) is 151 cm³/mol. The van der Waals surface area contributed by atoms with Gasteiger partial charge in [-0.25, -0.2) is 0 Å². The molecule has 202 valence electrons. The highest BCUT2D eigenvalue weighted by Gasteiger charge is 2.54. The topological polar surface area (TPSA) is 92.8 Å². The Morgan fingerprint density at radius 2 is 1.90 bits per heavy atom. The van der Waals surface area contributed by atoms with Crippen molar-refractivity contribution in [1.29, 1.82) is 0 Å². The highest BCUT2D eigenvalue weighted by molar-refractivity contribution is 9.10. The average molecular weight is 592 g/mol. The molecule has 3 fully saturated rings. The van der Waals surface area contributed by atoms with Gasteiger partial charge in [0.15, 0.2) is 0 Å². The van der Waals surface area contributed by atoms with Crippen LogP contribution >= 0.6 is 15.9 Å². The summed E-state index contributed by atoms with van der Waals surface area (Å²) in [6.45, 7) is 4.51. The number of carbonyl (C=O) groups excluding carboxylic acids is 3. The zero-order chi connectivity index (χ0) is 26.7. The Morgan fingerprint density at radius 3 is 2.74 bits per heavy atom. The molecule has 9 nitrogen and oxygen atoms in total. The fraction of sp³-hybridized carbons (Fsp3) is 0.448.